The maximum absolute atomic E-state index is 5.32. The second-order valence-electron chi connectivity index (χ2n) is 2.08. The van der Waals surface area contributed by atoms with Gasteiger partial charge in [-0.05, 0) is 6.54 Å². The van der Waals surface area contributed by atoms with E-state index in [1.807, 2.05) is 0 Å². The van der Waals surface area contributed by atoms with Crippen LogP contribution in [0.25, 0.3) is 0 Å². The van der Waals surface area contributed by atoms with Crippen molar-refractivity contribution in [1.29, 1.82) is 0 Å². The van der Waals surface area contributed by atoms with Gasteiger partial charge in [-0.1, -0.05) is 0 Å². The summed E-state index contributed by atoms with van der Waals surface area (Å²) in [5.41, 5.74) is 5.32. The van der Waals surface area contributed by atoms with Crippen LogP contribution < -0.4 is 10.5 Å². The molecule has 0 aromatic carbocycles. The molecular formula is C7H11N3O. The molecule has 0 saturated carbocycles. The third kappa shape index (κ3) is 2.16. The van der Waals surface area contributed by atoms with Crippen molar-refractivity contribution in [3.05, 3.63) is 18.2 Å². The summed E-state index contributed by atoms with van der Waals surface area (Å²) in [6.45, 7) is 0.576. The molecule has 0 aliphatic rings. The Morgan fingerprint density at radius 3 is 2.55 bits per heavy atom. The van der Waals surface area contributed by atoms with Crippen LogP contribution >= 0.6 is 0 Å². The third-order valence-electron chi connectivity index (χ3n) is 1.29. The zero-order valence-corrected chi connectivity index (χ0v) is 6.45. The predicted octanol–water partition coefficient (Wildman–Crippen LogP) is -0.0136. The summed E-state index contributed by atoms with van der Waals surface area (Å²) in [7, 11) is 1.58. The molecule has 0 spiro atoms. The number of hydrogen-bond donors (Lipinski definition) is 1. The Hall–Kier alpha value is -1.16. The van der Waals surface area contributed by atoms with Crippen molar-refractivity contribution in [1.82, 2.24) is 9.97 Å². The van der Waals surface area contributed by atoms with Gasteiger partial charge in [-0.25, -0.2) is 9.97 Å². The molecule has 0 radical (unpaired) electrons. The molecule has 0 atom stereocenters. The van der Waals surface area contributed by atoms with Crippen LogP contribution in [0.3, 0.4) is 0 Å². The van der Waals surface area contributed by atoms with Gasteiger partial charge in [0, 0.05) is 6.42 Å². The first-order valence-electron chi connectivity index (χ1n) is 3.42. The number of rotatable bonds is 3. The van der Waals surface area contributed by atoms with Crippen LogP contribution in [0.5, 0.6) is 5.75 Å². The lowest BCUT2D eigenvalue weighted by Crippen LogP contribution is -2.06. The summed E-state index contributed by atoms with van der Waals surface area (Å²) in [6.07, 6.45) is 3.99. The lowest BCUT2D eigenvalue weighted by Gasteiger charge is -1.98. The van der Waals surface area contributed by atoms with Gasteiger partial charge < -0.3 is 10.5 Å². The van der Waals surface area contributed by atoms with Gasteiger partial charge >= 0.3 is 0 Å². The van der Waals surface area contributed by atoms with Gasteiger partial charge in [0.15, 0.2) is 5.75 Å². The topological polar surface area (TPSA) is 61.0 Å². The Morgan fingerprint density at radius 2 is 2.09 bits per heavy atom. The van der Waals surface area contributed by atoms with E-state index in [0.717, 1.165) is 5.82 Å². The van der Waals surface area contributed by atoms with Gasteiger partial charge in [-0.3, -0.25) is 0 Å². The van der Waals surface area contributed by atoms with Crippen molar-refractivity contribution in [2.24, 2.45) is 5.73 Å². The van der Waals surface area contributed by atoms with Crippen LogP contribution in [0.1, 0.15) is 5.82 Å². The molecule has 0 aliphatic heterocycles. The van der Waals surface area contributed by atoms with Gasteiger partial charge in [0.25, 0.3) is 0 Å². The number of hydrogen-bond acceptors (Lipinski definition) is 4. The highest BCUT2D eigenvalue weighted by Gasteiger charge is 1.94. The Morgan fingerprint density at radius 1 is 1.45 bits per heavy atom. The highest BCUT2D eigenvalue weighted by atomic mass is 16.5. The van der Waals surface area contributed by atoms with E-state index in [2.05, 4.69) is 9.97 Å². The molecule has 1 heterocycles. The maximum Gasteiger partial charge on any atom is 0.155 e. The lowest BCUT2D eigenvalue weighted by atomic mass is 10.4. The van der Waals surface area contributed by atoms with Crippen molar-refractivity contribution in [2.45, 2.75) is 6.42 Å². The molecule has 60 valence electrons. The van der Waals surface area contributed by atoms with E-state index in [4.69, 9.17) is 10.5 Å². The molecular weight excluding hydrogens is 142 g/mol. The molecule has 1 aromatic rings. The molecule has 1 aromatic heterocycles. The average molecular weight is 153 g/mol. The van der Waals surface area contributed by atoms with E-state index in [1.165, 1.54) is 0 Å². The van der Waals surface area contributed by atoms with E-state index in [9.17, 15) is 0 Å². The van der Waals surface area contributed by atoms with Crippen LogP contribution in [0.2, 0.25) is 0 Å². The smallest absolute Gasteiger partial charge is 0.155 e. The SMILES string of the molecule is COc1cnc(CCN)nc1. The van der Waals surface area contributed by atoms with Gasteiger partial charge in [-0.15, -0.1) is 0 Å². The van der Waals surface area contributed by atoms with Crippen LogP contribution in [0, 0.1) is 0 Å². The number of methoxy groups -OCH3 is 1. The molecule has 4 heteroatoms. The fourth-order valence-electron chi connectivity index (χ4n) is 0.707. The summed E-state index contributed by atoms with van der Waals surface area (Å²) in [5.74, 6) is 1.43. The maximum atomic E-state index is 5.32. The van der Waals surface area contributed by atoms with Crippen LogP contribution in [0.15, 0.2) is 12.4 Å². The van der Waals surface area contributed by atoms with Gasteiger partial charge in [0.2, 0.25) is 0 Å². The number of nitrogens with two attached hydrogens (primary N) is 1. The molecule has 0 saturated heterocycles. The normalized spacial score (nSPS) is 9.64. The summed E-state index contributed by atoms with van der Waals surface area (Å²) in [5, 5.41) is 0. The standard InChI is InChI=1S/C7H11N3O/c1-11-6-4-9-7(2-3-8)10-5-6/h4-5H,2-3,8H2,1H3. The molecule has 0 bridgehead atoms. The lowest BCUT2D eigenvalue weighted by molar-refractivity contribution is 0.410. The van der Waals surface area contributed by atoms with Crippen molar-refractivity contribution >= 4 is 0 Å². The number of nitrogens with zero attached hydrogens (tertiary/aromatic N) is 2. The summed E-state index contributed by atoms with van der Waals surface area (Å²) < 4.78 is 4.89. The van der Waals surface area contributed by atoms with Crippen molar-refractivity contribution < 1.29 is 4.74 Å². The van der Waals surface area contributed by atoms with Gasteiger partial charge in [0.05, 0.1) is 19.5 Å². The number of aromatic nitrogens is 2. The fourth-order valence-corrected chi connectivity index (χ4v) is 0.707. The molecule has 4 nitrogen and oxygen atoms in total. The predicted molar refractivity (Wildman–Crippen MR) is 41.3 cm³/mol. The second-order valence-corrected chi connectivity index (χ2v) is 2.08. The number of ether oxygens (including phenoxy) is 1. The largest absolute Gasteiger partial charge is 0.494 e. The zero-order chi connectivity index (χ0) is 8.10. The van der Waals surface area contributed by atoms with Gasteiger partial charge in [-0.2, -0.15) is 0 Å². The highest BCUT2D eigenvalue weighted by Crippen LogP contribution is 2.03. The van der Waals surface area contributed by atoms with E-state index in [0.29, 0.717) is 18.7 Å². The van der Waals surface area contributed by atoms with Crippen molar-refractivity contribution in [3.8, 4) is 5.75 Å². The molecule has 1 rings (SSSR count). The van der Waals surface area contributed by atoms with Crippen molar-refractivity contribution in [3.63, 3.8) is 0 Å². The summed E-state index contributed by atoms with van der Waals surface area (Å²) in [6, 6.07) is 0. The van der Waals surface area contributed by atoms with Crippen LogP contribution in [0.4, 0.5) is 0 Å². The Kier molecular flexibility index (Phi) is 2.80. The Labute approximate surface area is 65.4 Å². The third-order valence-corrected chi connectivity index (χ3v) is 1.29. The Bertz CT molecular complexity index is 209. The summed E-state index contributed by atoms with van der Waals surface area (Å²) >= 11 is 0. The monoisotopic (exact) mass is 153 g/mol. The fraction of sp³-hybridized carbons (Fsp3) is 0.429. The molecule has 0 amide bonds. The molecule has 2 N–H and O–H groups in total. The first-order chi connectivity index (χ1) is 5.36. The van der Waals surface area contributed by atoms with E-state index in [-0.39, 0.29) is 0 Å². The second kappa shape index (κ2) is 3.88. The van der Waals surface area contributed by atoms with E-state index in [1.54, 1.807) is 19.5 Å². The van der Waals surface area contributed by atoms with Crippen molar-refractivity contribution in [2.75, 3.05) is 13.7 Å². The minimum Gasteiger partial charge on any atom is -0.494 e. The minimum absolute atomic E-state index is 0.576. The highest BCUT2D eigenvalue weighted by molar-refractivity contribution is 5.11. The quantitative estimate of drug-likeness (QED) is 0.663. The molecule has 0 aliphatic carbocycles. The van der Waals surface area contributed by atoms with Crippen LogP contribution in [-0.2, 0) is 6.42 Å². The molecule has 0 unspecified atom stereocenters. The Balaban J connectivity index is 2.66. The first kappa shape index (κ1) is 7.94. The summed E-state index contributed by atoms with van der Waals surface area (Å²) in [4.78, 5) is 8.05. The zero-order valence-electron chi connectivity index (χ0n) is 6.45. The minimum atomic E-state index is 0.576. The van der Waals surface area contributed by atoms with Crippen LogP contribution in [-0.4, -0.2) is 23.6 Å². The molecule has 11 heavy (non-hydrogen) atoms. The van der Waals surface area contributed by atoms with E-state index < -0.39 is 0 Å². The van der Waals surface area contributed by atoms with Gasteiger partial charge in [0.1, 0.15) is 5.82 Å². The average Bonchev–Trinajstić information content (AvgIpc) is 2.07. The molecule has 0 fully saturated rings. The van der Waals surface area contributed by atoms with E-state index >= 15 is 0 Å². The first-order valence-corrected chi connectivity index (χ1v) is 3.42.